The molecule has 4 rings (SSSR count). The number of rotatable bonds is 8. The van der Waals surface area contributed by atoms with E-state index in [4.69, 9.17) is 10.5 Å². The van der Waals surface area contributed by atoms with Gasteiger partial charge in [0.2, 0.25) is 5.91 Å². The zero-order valence-corrected chi connectivity index (χ0v) is 21.4. The third-order valence-electron chi connectivity index (χ3n) is 5.96. The highest BCUT2D eigenvalue weighted by molar-refractivity contribution is 7.99. The summed E-state index contributed by atoms with van der Waals surface area (Å²) in [6, 6.07) is 6.03. The normalized spacial score (nSPS) is 15.1. The van der Waals surface area contributed by atoms with E-state index in [0.717, 1.165) is 41.0 Å². The first-order chi connectivity index (χ1) is 16.2. The van der Waals surface area contributed by atoms with Crippen molar-refractivity contribution in [3.8, 4) is 5.75 Å². The highest BCUT2D eigenvalue weighted by Crippen LogP contribution is 2.39. The van der Waals surface area contributed by atoms with E-state index in [1.54, 1.807) is 0 Å². The zero-order valence-electron chi connectivity index (χ0n) is 19.8. The van der Waals surface area contributed by atoms with Crippen LogP contribution in [-0.2, 0) is 31.3 Å². The van der Waals surface area contributed by atoms with Crippen LogP contribution in [0.25, 0.3) is 0 Å². The van der Waals surface area contributed by atoms with Crippen molar-refractivity contribution in [2.45, 2.75) is 51.8 Å². The van der Waals surface area contributed by atoms with Gasteiger partial charge in [0.05, 0.1) is 11.3 Å². The maximum absolute atomic E-state index is 12.7. The quantitative estimate of drug-likeness (QED) is 0.453. The molecule has 2 aromatic heterocycles. The minimum absolute atomic E-state index is 0.140. The van der Waals surface area contributed by atoms with E-state index in [9.17, 15) is 9.59 Å². The smallest absolute Gasteiger partial charge is 0.251 e. The molecule has 2 heterocycles. The summed E-state index contributed by atoms with van der Waals surface area (Å²) in [5.41, 5.74) is 9.36. The average Bonchev–Trinajstić information content (AvgIpc) is 3.30. The largest absolute Gasteiger partial charge is 0.485 e. The third kappa shape index (κ3) is 5.28. The first kappa shape index (κ1) is 24.3. The number of aryl methyl sites for hydroxylation is 2. The van der Waals surface area contributed by atoms with Crippen molar-refractivity contribution in [1.29, 1.82) is 0 Å². The monoisotopic (exact) mass is 499 g/mol. The summed E-state index contributed by atoms with van der Waals surface area (Å²) in [6.07, 6.45) is 2.76. The molecule has 3 aromatic rings. The van der Waals surface area contributed by atoms with Crippen LogP contribution >= 0.6 is 23.1 Å². The predicted octanol–water partition coefficient (Wildman–Crippen LogP) is 4.03. The summed E-state index contributed by atoms with van der Waals surface area (Å²) in [5, 5.41) is 12.5. The number of ether oxygens (including phenoxy) is 1. The second-order valence-corrected chi connectivity index (χ2v) is 10.8. The number of anilines is 1. The molecule has 0 saturated carbocycles. The van der Waals surface area contributed by atoms with Crippen LogP contribution in [0.1, 0.15) is 51.1 Å². The summed E-state index contributed by atoms with van der Waals surface area (Å²) >= 11 is 2.75. The average molecular weight is 500 g/mol. The van der Waals surface area contributed by atoms with Crippen LogP contribution in [0.3, 0.4) is 0 Å². The Morgan fingerprint density at radius 1 is 1.32 bits per heavy atom. The number of carbonyl (C=O) groups is 2. The lowest BCUT2D eigenvalue weighted by Crippen LogP contribution is -2.20. The van der Waals surface area contributed by atoms with Gasteiger partial charge in [0.15, 0.2) is 11.0 Å². The van der Waals surface area contributed by atoms with Crippen LogP contribution in [0.15, 0.2) is 23.4 Å². The van der Waals surface area contributed by atoms with Crippen molar-refractivity contribution in [2.24, 2.45) is 18.7 Å². The van der Waals surface area contributed by atoms with Gasteiger partial charge in [-0.2, -0.15) is 0 Å². The Morgan fingerprint density at radius 2 is 2.12 bits per heavy atom. The molecule has 0 bridgehead atoms. The standard InChI is InChI=1S/C24H29N5O3S2/c1-13-6-8-17(15(3)9-13)32-11-19-27-28-24(29(19)4)33-12-20(30)26-23-21(22(25)31)16-7-5-14(2)10-18(16)34-23/h6,8-9,14H,5,7,10-12H2,1-4H3,(H2,25,31)(H,26,30). The molecule has 180 valence electrons. The van der Waals surface area contributed by atoms with Crippen molar-refractivity contribution in [3.05, 3.63) is 51.2 Å². The van der Waals surface area contributed by atoms with Gasteiger partial charge in [-0.1, -0.05) is 36.4 Å². The number of primary amides is 1. The Morgan fingerprint density at radius 3 is 2.85 bits per heavy atom. The number of carbonyl (C=O) groups excluding carboxylic acids is 2. The molecule has 0 aliphatic heterocycles. The Balaban J connectivity index is 1.37. The van der Waals surface area contributed by atoms with Gasteiger partial charge in [0, 0.05) is 11.9 Å². The van der Waals surface area contributed by atoms with E-state index in [2.05, 4.69) is 28.5 Å². The molecule has 0 fully saturated rings. The van der Waals surface area contributed by atoms with Crippen molar-refractivity contribution in [3.63, 3.8) is 0 Å². The first-order valence-corrected chi connectivity index (χ1v) is 13.0. The highest BCUT2D eigenvalue weighted by Gasteiger charge is 2.27. The molecule has 8 nitrogen and oxygen atoms in total. The second kappa shape index (κ2) is 10.2. The van der Waals surface area contributed by atoms with Crippen molar-refractivity contribution in [2.75, 3.05) is 11.1 Å². The molecule has 0 spiro atoms. The molecule has 2 amide bonds. The van der Waals surface area contributed by atoms with Crippen molar-refractivity contribution >= 4 is 39.9 Å². The Labute approximate surface area is 207 Å². The summed E-state index contributed by atoms with van der Waals surface area (Å²) in [6.45, 7) is 6.53. The number of nitrogens with two attached hydrogens (primary N) is 1. The van der Waals surface area contributed by atoms with Gasteiger partial charge in [0.1, 0.15) is 17.4 Å². The number of fused-ring (bicyclic) bond motifs is 1. The van der Waals surface area contributed by atoms with Crippen LogP contribution in [0.2, 0.25) is 0 Å². The number of benzene rings is 1. The lowest BCUT2D eigenvalue weighted by Gasteiger charge is -2.18. The number of hydrogen-bond donors (Lipinski definition) is 2. The molecule has 1 aromatic carbocycles. The van der Waals surface area contributed by atoms with Crippen LogP contribution in [0.5, 0.6) is 5.75 Å². The molecule has 1 atom stereocenters. The molecule has 34 heavy (non-hydrogen) atoms. The fraction of sp³-hybridized carbons (Fsp3) is 0.417. The summed E-state index contributed by atoms with van der Waals surface area (Å²) in [5.74, 6) is 1.47. The van der Waals surface area contributed by atoms with E-state index in [-0.39, 0.29) is 18.3 Å². The van der Waals surface area contributed by atoms with Crippen LogP contribution in [0.4, 0.5) is 5.00 Å². The van der Waals surface area contributed by atoms with Gasteiger partial charge in [-0.15, -0.1) is 21.5 Å². The summed E-state index contributed by atoms with van der Waals surface area (Å²) in [7, 11) is 1.85. The van der Waals surface area contributed by atoms with Crippen LogP contribution < -0.4 is 15.8 Å². The first-order valence-electron chi connectivity index (χ1n) is 11.2. The molecule has 1 aliphatic rings. The van der Waals surface area contributed by atoms with Crippen LogP contribution in [0, 0.1) is 19.8 Å². The lowest BCUT2D eigenvalue weighted by molar-refractivity contribution is -0.113. The third-order valence-corrected chi connectivity index (χ3v) is 8.15. The van der Waals surface area contributed by atoms with Gasteiger partial charge >= 0.3 is 0 Å². The maximum atomic E-state index is 12.7. The SMILES string of the molecule is Cc1ccc(OCc2nnc(SCC(=O)Nc3sc4c(c3C(N)=O)CCC(C)C4)n2C)c(C)c1. The predicted molar refractivity (Wildman–Crippen MR) is 135 cm³/mol. The summed E-state index contributed by atoms with van der Waals surface area (Å²) in [4.78, 5) is 25.9. The molecular formula is C24H29N5O3S2. The van der Waals surface area contributed by atoms with E-state index in [1.165, 1.54) is 28.7 Å². The van der Waals surface area contributed by atoms with Gasteiger partial charge < -0.3 is 20.4 Å². The van der Waals surface area contributed by atoms with Gasteiger partial charge in [-0.25, -0.2) is 0 Å². The highest BCUT2D eigenvalue weighted by atomic mass is 32.2. The fourth-order valence-corrected chi connectivity index (χ4v) is 6.25. The Bertz CT molecular complexity index is 1230. The molecule has 1 aliphatic carbocycles. The van der Waals surface area contributed by atoms with E-state index in [0.29, 0.717) is 27.5 Å². The molecular weight excluding hydrogens is 470 g/mol. The minimum atomic E-state index is -0.489. The van der Waals surface area contributed by atoms with E-state index in [1.807, 2.05) is 37.6 Å². The fourth-order valence-electron chi connectivity index (χ4n) is 4.09. The minimum Gasteiger partial charge on any atom is -0.485 e. The molecule has 0 radical (unpaired) electrons. The number of nitrogens with zero attached hydrogens (tertiary/aromatic N) is 3. The molecule has 0 saturated heterocycles. The number of amides is 2. The Hall–Kier alpha value is -2.85. The molecule has 3 N–H and O–H groups in total. The summed E-state index contributed by atoms with van der Waals surface area (Å²) < 4.78 is 7.73. The number of nitrogens with one attached hydrogen (secondary N) is 1. The topological polar surface area (TPSA) is 112 Å². The van der Waals surface area contributed by atoms with Gasteiger partial charge in [0.25, 0.3) is 5.91 Å². The number of hydrogen-bond acceptors (Lipinski definition) is 7. The maximum Gasteiger partial charge on any atom is 0.251 e. The number of thioether (sulfide) groups is 1. The lowest BCUT2D eigenvalue weighted by atomic mass is 9.88. The second-order valence-electron chi connectivity index (χ2n) is 8.77. The zero-order chi connectivity index (χ0) is 24.4. The number of aromatic nitrogens is 3. The molecule has 10 heteroatoms. The van der Waals surface area contributed by atoms with Gasteiger partial charge in [-0.05, 0) is 56.2 Å². The van der Waals surface area contributed by atoms with Crippen molar-refractivity contribution < 1.29 is 14.3 Å². The molecule has 1 unspecified atom stereocenters. The number of thiophene rings is 1. The Kier molecular flexibility index (Phi) is 7.27. The van der Waals surface area contributed by atoms with Crippen molar-refractivity contribution in [1.82, 2.24) is 14.8 Å². The van der Waals surface area contributed by atoms with E-state index < -0.39 is 5.91 Å². The van der Waals surface area contributed by atoms with Gasteiger partial charge in [-0.3, -0.25) is 9.59 Å². The van der Waals surface area contributed by atoms with E-state index >= 15 is 0 Å². The van der Waals surface area contributed by atoms with Crippen LogP contribution in [-0.4, -0.2) is 32.3 Å².